The monoisotopic (exact) mass is 462 g/mol. The predicted molar refractivity (Wildman–Crippen MR) is 24.1 cm³/mol. The average Bonchev–Trinajstić information content (AvgIpc) is 1.72. The Morgan fingerprint density at radius 1 is 0.625 bits per heavy atom. The molecule has 0 atom stereocenters. The van der Waals surface area contributed by atoms with Crippen LogP contribution in [0.4, 0.5) is 0 Å². The molecule has 0 bridgehead atoms. The van der Waals surface area contributed by atoms with Crippen LogP contribution in [0.1, 0.15) is 0 Å². The van der Waals surface area contributed by atoms with E-state index < -0.39 is 0 Å². The van der Waals surface area contributed by atoms with E-state index in [1.165, 1.54) is 0 Å². The summed E-state index contributed by atoms with van der Waals surface area (Å²) in [5, 5.41) is 0. The Labute approximate surface area is 76.4 Å². The van der Waals surface area contributed by atoms with E-state index in [4.69, 9.17) is 0 Å². The first-order valence-electron chi connectivity index (χ1n) is 1.82. The Bertz CT molecular complexity index is 78.5. The van der Waals surface area contributed by atoms with E-state index in [0.717, 1.165) is 0 Å². The van der Waals surface area contributed by atoms with Crippen molar-refractivity contribution in [2.24, 2.45) is 0 Å². The number of hydrogen-bond donors (Lipinski definition) is 0. The van der Waals surface area contributed by atoms with Crippen LogP contribution in [-0.4, -0.2) is 0 Å². The van der Waals surface area contributed by atoms with Gasteiger partial charge in [0.1, 0.15) is 0 Å². The SMILES string of the molecule is [Ir].[Ir].[c-]1cc[c-]cc1. The van der Waals surface area contributed by atoms with Gasteiger partial charge in [-0.1, -0.05) is 0 Å². The first-order valence-corrected chi connectivity index (χ1v) is 1.82. The van der Waals surface area contributed by atoms with E-state index in [2.05, 4.69) is 12.1 Å². The van der Waals surface area contributed by atoms with E-state index in [-0.39, 0.29) is 40.2 Å². The molecule has 48 valence electrons. The van der Waals surface area contributed by atoms with Crippen LogP contribution in [0.3, 0.4) is 0 Å². The van der Waals surface area contributed by atoms with Crippen molar-refractivity contribution in [1.82, 2.24) is 0 Å². The third-order valence-corrected chi connectivity index (χ3v) is 0.552. The molecule has 0 nitrogen and oxygen atoms in total. The molecule has 0 unspecified atom stereocenters. The molecule has 1 aromatic rings. The fourth-order valence-electron chi connectivity index (χ4n) is 0.304. The van der Waals surface area contributed by atoms with Gasteiger partial charge in [0.15, 0.2) is 0 Å². The van der Waals surface area contributed by atoms with Crippen molar-refractivity contribution in [3.8, 4) is 0 Å². The maximum Gasteiger partial charge on any atom is 0 e. The van der Waals surface area contributed by atoms with Gasteiger partial charge in [0.2, 0.25) is 0 Å². The standard InChI is InChI=1S/C6H4.2Ir/c1-2-4-6-5-3-1;;/h1-2,5-6H;;/q-2;;. The van der Waals surface area contributed by atoms with E-state index in [0.29, 0.717) is 0 Å². The zero-order chi connectivity index (χ0) is 4.24. The summed E-state index contributed by atoms with van der Waals surface area (Å²) in [6, 6.07) is 13.0. The molecule has 2 heteroatoms. The van der Waals surface area contributed by atoms with Gasteiger partial charge in [0.25, 0.3) is 0 Å². The Morgan fingerprint density at radius 2 is 0.875 bits per heavy atom. The van der Waals surface area contributed by atoms with Crippen molar-refractivity contribution in [2.45, 2.75) is 0 Å². The van der Waals surface area contributed by atoms with E-state index in [1.54, 1.807) is 0 Å². The van der Waals surface area contributed by atoms with Crippen LogP contribution in [0.15, 0.2) is 24.3 Å². The van der Waals surface area contributed by atoms with Crippen molar-refractivity contribution >= 4 is 0 Å². The van der Waals surface area contributed by atoms with Gasteiger partial charge in [-0.15, -0.1) is 0 Å². The van der Waals surface area contributed by atoms with E-state index in [1.807, 2.05) is 24.3 Å². The average molecular weight is 461 g/mol. The van der Waals surface area contributed by atoms with Crippen molar-refractivity contribution in [3.05, 3.63) is 36.4 Å². The van der Waals surface area contributed by atoms with Gasteiger partial charge >= 0.3 is 0 Å². The molecule has 0 amide bonds. The Kier molecular flexibility index (Phi) is 10.7. The Balaban J connectivity index is 0. The molecule has 1 rings (SSSR count). The van der Waals surface area contributed by atoms with Crippen LogP contribution in [0.5, 0.6) is 0 Å². The van der Waals surface area contributed by atoms with Crippen LogP contribution in [-0.2, 0) is 40.2 Å². The molecule has 0 aliphatic rings. The number of rotatable bonds is 0. The summed E-state index contributed by atoms with van der Waals surface area (Å²) in [4.78, 5) is 0. The van der Waals surface area contributed by atoms with Crippen LogP contribution in [0.25, 0.3) is 0 Å². The van der Waals surface area contributed by atoms with Crippen LogP contribution < -0.4 is 0 Å². The molecule has 2 radical (unpaired) electrons. The largest absolute Gasteiger partial charge is 0.319 e. The minimum Gasteiger partial charge on any atom is -0.319 e. The number of hydrogen-bond acceptors (Lipinski definition) is 0. The van der Waals surface area contributed by atoms with Crippen molar-refractivity contribution < 1.29 is 40.2 Å². The molecule has 8 heavy (non-hydrogen) atoms. The minimum absolute atomic E-state index is 0. The second-order valence-corrected chi connectivity index (χ2v) is 1.00. The molecule has 0 fully saturated rings. The molecular weight excluding hydrogens is 457 g/mol. The molecular formula is C6H4Ir2-2. The van der Waals surface area contributed by atoms with Crippen LogP contribution in [0, 0.1) is 12.1 Å². The van der Waals surface area contributed by atoms with Gasteiger partial charge in [-0.05, 0) is 0 Å². The summed E-state index contributed by atoms with van der Waals surface area (Å²) in [6.45, 7) is 0. The second-order valence-electron chi connectivity index (χ2n) is 1.00. The first-order chi connectivity index (χ1) is 3.00. The summed E-state index contributed by atoms with van der Waals surface area (Å²) >= 11 is 0. The van der Waals surface area contributed by atoms with Crippen LogP contribution >= 0.6 is 0 Å². The Hall–Kier alpha value is 0.519. The van der Waals surface area contributed by atoms with Crippen molar-refractivity contribution in [2.75, 3.05) is 0 Å². The van der Waals surface area contributed by atoms with Crippen molar-refractivity contribution in [3.63, 3.8) is 0 Å². The van der Waals surface area contributed by atoms with Gasteiger partial charge in [-0.3, -0.25) is 24.3 Å². The molecule has 0 saturated heterocycles. The molecule has 0 saturated carbocycles. The fraction of sp³-hybridized carbons (Fsp3) is 0. The summed E-state index contributed by atoms with van der Waals surface area (Å²) in [5.41, 5.74) is 0. The van der Waals surface area contributed by atoms with E-state index >= 15 is 0 Å². The molecule has 0 heterocycles. The van der Waals surface area contributed by atoms with Gasteiger partial charge in [0.05, 0.1) is 0 Å². The molecule has 0 aliphatic carbocycles. The fourth-order valence-corrected chi connectivity index (χ4v) is 0.304. The first kappa shape index (κ1) is 11.3. The van der Waals surface area contributed by atoms with E-state index in [9.17, 15) is 0 Å². The second kappa shape index (κ2) is 7.52. The molecule has 0 N–H and O–H groups in total. The maximum absolute atomic E-state index is 2.86. The third-order valence-electron chi connectivity index (χ3n) is 0.552. The van der Waals surface area contributed by atoms with Gasteiger partial charge in [-0.2, -0.15) is 0 Å². The smallest absolute Gasteiger partial charge is 0 e. The van der Waals surface area contributed by atoms with Gasteiger partial charge in [-0.25, -0.2) is 0 Å². The molecule has 0 spiro atoms. The summed E-state index contributed by atoms with van der Waals surface area (Å²) in [5.74, 6) is 0. The van der Waals surface area contributed by atoms with Crippen LogP contribution in [0.2, 0.25) is 0 Å². The summed E-state index contributed by atoms with van der Waals surface area (Å²) in [7, 11) is 0. The normalized spacial score (nSPS) is 6.00. The summed E-state index contributed by atoms with van der Waals surface area (Å²) in [6.07, 6.45) is 0. The quantitative estimate of drug-likeness (QED) is 0.512. The molecule has 0 aliphatic heterocycles. The summed E-state index contributed by atoms with van der Waals surface area (Å²) < 4.78 is 0. The number of benzene rings is 1. The van der Waals surface area contributed by atoms with Gasteiger partial charge < -0.3 is 12.1 Å². The zero-order valence-corrected chi connectivity index (χ0v) is 8.77. The predicted octanol–water partition coefficient (Wildman–Crippen LogP) is 1.28. The minimum atomic E-state index is 0. The topological polar surface area (TPSA) is 0 Å². The Morgan fingerprint density at radius 3 is 1.00 bits per heavy atom. The van der Waals surface area contributed by atoms with Gasteiger partial charge in [0, 0.05) is 40.2 Å². The molecule has 1 aromatic carbocycles. The zero-order valence-electron chi connectivity index (χ0n) is 3.98. The van der Waals surface area contributed by atoms with Crippen molar-refractivity contribution in [1.29, 1.82) is 0 Å². The third kappa shape index (κ3) is 4.67. The molecule has 0 aromatic heterocycles. The maximum atomic E-state index is 2.86.